The van der Waals surface area contributed by atoms with Gasteiger partial charge < -0.3 is 10.2 Å². The van der Waals surface area contributed by atoms with Crippen LogP contribution in [0.5, 0.6) is 0 Å². The summed E-state index contributed by atoms with van der Waals surface area (Å²) in [7, 11) is 0. The molecule has 1 saturated heterocycles. The van der Waals surface area contributed by atoms with Gasteiger partial charge in [0, 0.05) is 36.1 Å². The van der Waals surface area contributed by atoms with Crippen LogP contribution in [0.4, 0.5) is 5.69 Å². The van der Waals surface area contributed by atoms with E-state index >= 15 is 0 Å². The second-order valence-electron chi connectivity index (χ2n) is 6.22. The normalized spacial score (nSPS) is 13.9. The third-order valence-electron chi connectivity index (χ3n) is 4.35. The SMILES string of the molecule is O=C(CSCc1ccccc1Cl)NCc1ccc(N2CCCC2)cc1. The van der Waals surface area contributed by atoms with E-state index in [-0.39, 0.29) is 5.91 Å². The molecule has 1 N–H and O–H groups in total. The summed E-state index contributed by atoms with van der Waals surface area (Å²) in [6.07, 6.45) is 2.56. The highest BCUT2D eigenvalue weighted by Crippen LogP contribution is 2.21. The van der Waals surface area contributed by atoms with E-state index in [9.17, 15) is 4.79 Å². The molecular weight excluding hydrogens is 352 g/mol. The second kappa shape index (κ2) is 9.16. The van der Waals surface area contributed by atoms with Crippen molar-refractivity contribution in [3.8, 4) is 0 Å². The molecule has 0 unspecified atom stereocenters. The molecule has 1 fully saturated rings. The summed E-state index contributed by atoms with van der Waals surface area (Å²) in [6.45, 7) is 2.88. The number of carbonyl (C=O) groups is 1. The molecule has 0 aliphatic carbocycles. The number of anilines is 1. The van der Waals surface area contributed by atoms with E-state index in [0.29, 0.717) is 12.3 Å². The monoisotopic (exact) mass is 374 g/mol. The van der Waals surface area contributed by atoms with Gasteiger partial charge in [-0.3, -0.25) is 4.79 Å². The molecule has 5 heteroatoms. The lowest BCUT2D eigenvalue weighted by Crippen LogP contribution is -2.24. The fourth-order valence-corrected chi connectivity index (χ4v) is 4.06. The molecular formula is C20H23ClN2OS. The van der Waals surface area contributed by atoms with Crippen molar-refractivity contribution < 1.29 is 4.79 Å². The van der Waals surface area contributed by atoms with Gasteiger partial charge in [-0.25, -0.2) is 0 Å². The van der Waals surface area contributed by atoms with Gasteiger partial charge in [0.2, 0.25) is 5.91 Å². The van der Waals surface area contributed by atoms with Crippen molar-refractivity contribution in [2.24, 2.45) is 0 Å². The third kappa shape index (κ3) is 5.41. The van der Waals surface area contributed by atoms with Crippen molar-refractivity contribution in [3.05, 3.63) is 64.7 Å². The van der Waals surface area contributed by atoms with E-state index in [4.69, 9.17) is 11.6 Å². The fraction of sp³-hybridized carbons (Fsp3) is 0.350. The van der Waals surface area contributed by atoms with E-state index in [1.165, 1.54) is 18.5 Å². The van der Waals surface area contributed by atoms with Gasteiger partial charge in [-0.1, -0.05) is 41.9 Å². The first-order chi connectivity index (χ1) is 12.2. The highest BCUT2D eigenvalue weighted by atomic mass is 35.5. The lowest BCUT2D eigenvalue weighted by atomic mass is 10.2. The Hall–Kier alpha value is -1.65. The molecule has 1 aliphatic rings. The lowest BCUT2D eigenvalue weighted by molar-refractivity contribution is -0.118. The predicted molar refractivity (Wildman–Crippen MR) is 107 cm³/mol. The van der Waals surface area contributed by atoms with Gasteiger partial charge in [-0.2, -0.15) is 0 Å². The number of hydrogen-bond donors (Lipinski definition) is 1. The van der Waals surface area contributed by atoms with Gasteiger partial charge in [0.15, 0.2) is 0 Å². The van der Waals surface area contributed by atoms with Crippen LogP contribution < -0.4 is 10.2 Å². The van der Waals surface area contributed by atoms with Crippen molar-refractivity contribution in [1.82, 2.24) is 5.32 Å². The number of thioether (sulfide) groups is 1. The lowest BCUT2D eigenvalue weighted by Gasteiger charge is -2.17. The molecule has 3 nitrogen and oxygen atoms in total. The Morgan fingerprint density at radius 3 is 2.52 bits per heavy atom. The first kappa shape index (κ1) is 18.2. The van der Waals surface area contributed by atoms with E-state index < -0.39 is 0 Å². The maximum atomic E-state index is 12.0. The summed E-state index contributed by atoms with van der Waals surface area (Å²) in [4.78, 5) is 14.4. The first-order valence-electron chi connectivity index (χ1n) is 8.64. The maximum Gasteiger partial charge on any atom is 0.230 e. The molecule has 0 atom stereocenters. The number of benzene rings is 2. The van der Waals surface area contributed by atoms with Crippen LogP contribution in [0.1, 0.15) is 24.0 Å². The highest BCUT2D eigenvalue weighted by molar-refractivity contribution is 7.99. The summed E-state index contributed by atoms with van der Waals surface area (Å²) in [5, 5.41) is 3.74. The Balaban J connectivity index is 1.39. The number of halogens is 1. The van der Waals surface area contributed by atoms with Crippen molar-refractivity contribution in [1.29, 1.82) is 0 Å². The maximum absolute atomic E-state index is 12.0. The smallest absolute Gasteiger partial charge is 0.230 e. The van der Waals surface area contributed by atoms with Crippen LogP contribution in [0, 0.1) is 0 Å². The summed E-state index contributed by atoms with van der Waals surface area (Å²) < 4.78 is 0. The van der Waals surface area contributed by atoms with Gasteiger partial charge in [-0.05, 0) is 42.2 Å². The number of nitrogens with zero attached hydrogens (tertiary/aromatic N) is 1. The van der Waals surface area contributed by atoms with Gasteiger partial charge in [-0.15, -0.1) is 11.8 Å². The van der Waals surface area contributed by atoms with Crippen molar-refractivity contribution in [3.63, 3.8) is 0 Å². The fourth-order valence-electron chi connectivity index (χ4n) is 2.92. The minimum absolute atomic E-state index is 0.0562. The summed E-state index contributed by atoms with van der Waals surface area (Å²) >= 11 is 7.70. The van der Waals surface area contributed by atoms with Crippen LogP contribution in [0.3, 0.4) is 0 Å². The zero-order valence-electron chi connectivity index (χ0n) is 14.2. The standard InChI is InChI=1S/C20H23ClN2OS/c21-19-6-2-1-5-17(19)14-25-15-20(24)22-13-16-7-9-18(10-8-16)23-11-3-4-12-23/h1-2,5-10H,3-4,11-15H2,(H,22,24). The van der Waals surface area contributed by atoms with Crippen molar-refractivity contribution in [2.75, 3.05) is 23.7 Å². The Morgan fingerprint density at radius 1 is 1.08 bits per heavy atom. The van der Waals surface area contributed by atoms with E-state index in [1.54, 1.807) is 11.8 Å². The topological polar surface area (TPSA) is 32.3 Å². The van der Waals surface area contributed by atoms with Gasteiger partial charge in [0.05, 0.1) is 5.75 Å². The number of amides is 1. The molecule has 132 valence electrons. The Labute approximate surface area is 158 Å². The van der Waals surface area contributed by atoms with Gasteiger partial charge >= 0.3 is 0 Å². The molecule has 1 aliphatic heterocycles. The summed E-state index contributed by atoms with van der Waals surface area (Å²) in [6, 6.07) is 16.3. The van der Waals surface area contributed by atoms with Crippen LogP contribution in [0.15, 0.2) is 48.5 Å². The molecule has 0 spiro atoms. The molecule has 3 rings (SSSR count). The third-order valence-corrected chi connectivity index (χ3v) is 5.70. The molecule has 0 radical (unpaired) electrons. The zero-order chi connectivity index (χ0) is 17.5. The first-order valence-corrected chi connectivity index (χ1v) is 10.2. The number of nitrogens with one attached hydrogen (secondary N) is 1. The van der Waals surface area contributed by atoms with Gasteiger partial charge in [0.25, 0.3) is 0 Å². The molecule has 0 aromatic heterocycles. The molecule has 1 heterocycles. The highest BCUT2D eigenvalue weighted by Gasteiger charge is 2.11. The molecule has 25 heavy (non-hydrogen) atoms. The molecule has 2 aromatic carbocycles. The number of carbonyl (C=O) groups excluding carboxylic acids is 1. The van der Waals surface area contributed by atoms with Crippen LogP contribution >= 0.6 is 23.4 Å². The minimum Gasteiger partial charge on any atom is -0.372 e. The number of rotatable bonds is 7. The average molecular weight is 375 g/mol. The molecule has 0 bridgehead atoms. The van der Waals surface area contributed by atoms with Crippen LogP contribution in [-0.2, 0) is 17.1 Å². The van der Waals surface area contributed by atoms with E-state index in [1.807, 2.05) is 24.3 Å². The second-order valence-corrected chi connectivity index (χ2v) is 7.61. The molecule has 1 amide bonds. The average Bonchev–Trinajstić information content (AvgIpc) is 3.17. The van der Waals surface area contributed by atoms with Crippen LogP contribution in [0.25, 0.3) is 0 Å². The predicted octanol–water partition coefficient (Wildman–Crippen LogP) is 4.49. The molecule has 2 aromatic rings. The number of hydrogen-bond acceptors (Lipinski definition) is 3. The van der Waals surface area contributed by atoms with Crippen molar-refractivity contribution >= 4 is 35.0 Å². The zero-order valence-corrected chi connectivity index (χ0v) is 15.8. The summed E-state index contributed by atoms with van der Waals surface area (Å²) in [5.74, 6) is 1.25. The van der Waals surface area contributed by atoms with Gasteiger partial charge in [0.1, 0.15) is 0 Å². The summed E-state index contributed by atoms with van der Waals surface area (Å²) in [5.41, 5.74) is 3.48. The Bertz CT molecular complexity index is 699. The minimum atomic E-state index is 0.0562. The van der Waals surface area contributed by atoms with Crippen LogP contribution in [0.2, 0.25) is 5.02 Å². The van der Waals surface area contributed by atoms with Crippen LogP contribution in [-0.4, -0.2) is 24.7 Å². The quantitative estimate of drug-likeness (QED) is 0.774. The van der Waals surface area contributed by atoms with E-state index in [2.05, 4.69) is 34.5 Å². The molecule has 0 saturated carbocycles. The van der Waals surface area contributed by atoms with Crippen molar-refractivity contribution in [2.45, 2.75) is 25.1 Å². The Morgan fingerprint density at radius 2 is 1.80 bits per heavy atom. The largest absolute Gasteiger partial charge is 0.372 e. The Kier molecular flexibility index (Phi) is 6.65. The van der Waals surface area contributed by atoms with E-state index in [0.717, 1.165) is 35.0 Å².